The van der Waals surface area contributed by atoms with Crippen LogP contribution >= 0.6 is 11.3 Å². The number of hydrogen-bond donors (Lipinski definition) is 1. The third-order valence-electron chi connectivity index (χ3n) is 3.58. The normalized spacial score (nSPS) is 11.1. The first kappa shape index (κ1) is 16.3. The van der Waals surface area contributed by atoms with Gasteiger partial charge < -0.3 is 5.32 Å². The van der Waals surface area contributed by atoms with Crippen LogP contribution in [0, 0.1) is 13.8 Å². The highest BCUT2D eigenvalue weighted by Crippen LogP contribution is 2.12. The van der Waals surface area contributed by atoms with E-state index in [-0.39, 0.29) is 18.0 Å². The van der Waals surface area contributed by atoms with Gasteiger partial charge in [0.2, 0.25) is 5.91 Å². The van der Waals surface area contributed by atoms with Crippen molar-refractivity contribution in [2.75, 3.05) is 6.54 Å². The summed E-state index contributed by atoms with van der Waals surface area (Å²) in [4.78, 5) is 32.6. The van der Waals surface area contributed by atoms with E-state index in [1.165, 1.54) is 22.2 Å². The minimum absolute atomic E-state index is 0.0267. The van der Waals surface area contributed by atoms with Crippen molar-refractivity contribution >= 4 is 27.5 Å². The molecule has 1 N–H and O–H groups in total. The van der Waals surface area contributed by atoms with E-state index in [4.69, 9.17) is 0 Å². The molecule has 0 atom stereocenters. The van der Waals surface area contributed by atoms with Crippen LogP contribution in [0.15, 0.2) is 22.6 Å². The molecule has 0 radical (unpaired) electrons. The van der Waals surface area contributed by atoms with Gasteiger partial charge in [-0.1, -0.05) is 0 Å². The fraction of sp³-hybridized carbons (Fsp3) is 0.400. The average molecular weight is 346 g/mol. The number of fused-ring (bicyclic) bond motifs is 1. The molecule has 0 saturated heterocycles. The number of carbonyl (C=O) groups is 1. The fourth-order valence-electron chi connectivity index (χ4n) is 2.43. The smallest absolute Gasteiger partial charge is 0.271 e. The van der Waals surface area contributed by atoms with E-state index in [9.17, 15) is 9.59 Å². The number of aromatic nitrogens is 5. The Balaban J connectivity index is 1.51. The van der Waals surface area contributed by atoms with Crippen LogP contribution in [0.3, 0.4) is 0 Å². The van der Waals surface area contributed by atoms with Crippen LogP contribution in [0.4, 0.5) is 0 Å². The van der Waals surface area contributed by atoms with Crippen molar-refractivity contribution in [1.82, 2.24) is 29.6 Å². The lowest BCUT2D eigenvalue weighted by molar-refractivity contribution is -0.121. The number of nitrogens with one attached hydrogen (secondary N) is 1. The van der Waals surface area contributed by atoms with Crippen molar-refractivity contribution in [2.24, 2.45) is 0 Å². The second-order valence-corrected chi connectivity index (χ2v) is 6.36. The molecule has 3 aromatic rings. The second-order valence-electron chi connectivity index (χ2n) is 5.45. The van der Waals surface area contributed by atoms with Crippen LogP contribution in [0.5, 0.6) is 0 Å². The van der Waals surface area contributed by atoms with Gasteiger partial charge in [0.15, 0.2) is 0 Å². The van der Waals surface area contributed by atoms with Gasteiger partial charge in [0, 0.05) is 13.1 Å². The maximum Gasteiger partial charge on any atom is 0.271 e. The van der Waals surface area contributed by atoms with Gasteiger partial charge in [-0.2, -0.15) is 5.10 Å². The highest BCUT2D eigenvalue weighted by Gasteiger charge is 2.09. The summed E-state index contributed by atoms with van der Waals surface area (Å²) in [5, 5.41) is 8.90. The van der Waals surface area contributed by atoms with Gasteiger partial charge >= 0.3 is 0 Å². The molecular formula is C15H18N6O2S. The van der Waals surface area contributed by atoms with Crippen molar-refractivity contribution in [3.05, 3.63) is 39.8 Å². The van der Waals surface area contributed by atoms with E-state index >= 15 is 0 Å². The monoisotopic (exact) mass is 346 g/mol. The minimum atomic E-state index is -0.207. The summed E-state index contributed by atoms with van der Waals surface area (Å²) in [5.41, 5.74) is 0.485. The van der Waals surface area contributed by atoms with Gasteiger partial charge in [-0.25, -0.2) is 9.97 Å². The topological polar surface area (TPSA) is 94.7 Å². The zero-order chi connectivity index (χ0) is 17.1. The molecule has 0 fully saturated rings. The Morgan fingerprint density at radius 2 is 2.21 bits per heavy atom. The molecule has 3 rings (SSSR count). The zero-order valence-corrected chi connectivity index (χ0v) is 14.3. The largest absolute Gasteiger partial charge is 0.354 e. The van der Waals surface area contributed by atoms with E-state index in [0.29, 0.717) is 23.3 Å². The summed E-state index contributed by atoms with van der Waals surface area (Å²) in [6, 6.07) is 1.79. The Bertz CT molecular complexity index is 926. The van der Waals surface area contributed by atoms with Crippen LogP contribution in [0.25, 0.3) is 10.2 Å². The molecule has 0 bridgehead atoms. The van der Waals surface area contributed by atoms with Crippen LogP contribution in [0.2, 0.25) is 0 Å². The van der Waals surface area contributed by atoms with Gasteiger partial charge in [0.05, 0.1) is 11.8 Å². The summed E-state index contributed by atoms with van der Waals surface area (Å²) in [5.74, 6) is 1.40. The number of aryl methyl sites for hydroxylation is 3. The molecule has 126 valence electrons. The van der Waals surface area contributed by atoms with Crippen LogP contribution in [-0.4, -0.2) is 36.8 Å². The number of nitrogens with zero attached hydrogens (tertiary/aromatic N) is 5. The average Bonchev–Trinajstić information content (AvgIpc) is 3.13. The zero-order valence-electron chi connectivity index (χ0n) is 13.5. The molecular weight excluding hydrogens is 328 g/mol. The van der Waals surface area contributed by atoms with Crippen molar-refractivity contribution in [2.45, 2.75) is 33.4 Å². The Kier molecular flexibility index (Phi) is 4.70. The molecule has 3 heterocycles. The Hall–Kier alpha value is -2.55. The second kappa shape index (κ2) is 6.91. The number of rotatable bonds is 6. The molecule has 24 heavy (non-hydrogen) atoms. The molecule has 1 amide bonds. The van der Waals surface area contributed by atoms with E-state index in [1.54, 1.807) is 6.07 Å². The quantitative estimate of drug-likeness (QED) is 0.669. The van der Waals surface area contributed by atoms with Gasteiger partial charge in [-0.15, -0.1) is 11.3 Å². The number of carbonyl (C=O) groups excluding carboxylic acids is 1. The Morgan fingerprint density at radius 1 is 1.38 bits per heavy atom. The van der Waals surface area contributed by atoms with Crippen molar-refractivity contribution in [3.8, 4) is 0 Å². The van der Waals surface area contributed by atoms with E-state index in [1.807, 2.05) is 23.9 Å². The van der Waals surface area contributed by atoms with Gasteiger partial charge in [-0.05, 0) is 31.7 Å². The highest BCUT2D eigenvalue weighted by molar-refractivity contribution is 7.17. The van der Waals surface area contributed by atoms with Crippen molar-refractivity contribution in [1.29, 1.82) is 0 Å². The first-order chi connectivity index (χ1) is 11.5. The Labute approximate surface area is 142 Å². The van der Waals surface area contributed by atoms with Crippen molar-refractivity contribution in [3.63, 3.8) is 0 Å². The van der Waals surface area contributed by atoms with Gasteiger partial charge in [-0.3, -0.25) is 18.8 Å². The highest BCUT2D eigenvalue weighted by atomic mass is 32.1. The molecule has 0 saturated carbocycles. The lowest BCUT2D eigenvalue weighted by Gasteiger charge is -2.07. The summed E-state index contributed by atoms with van der Waals surface area (Å²) < 4.78 is 3.72. The molecule has 3 aromatic heterocycles. The van der Waals surface area contributed by atoms with E-state index < -0.39 is 0 Å². The number of thiophene rings is 1. The fourth-order valence-corrected chi connectivity index (χ4v) is 3.22. The third-order valence-corrected chi connectivity index (χ3v) is 4.47. The summed E-state index contributed by atoms with van der Waals surface area (Å²) >= 11 is 1.33. The SMILES string of the molecule is Cc1nc(C)n(CCCNC(=O)Cn2cnc3ccsc3c2=O)n1. The van der Waals surface area contributed by atoms with Gasteiger partial charge in [0.25, 0.3) is 5.56 Å². The predicted octanol–water partition coefficient (Wildman–Crippen LogP) is 0.873. The summed E-state index contributed by atoms with van der Waals surface area (Å²) in [6.45, 7) is 4.93. The summed E-state index contributed by atoms with van der Waals surface area (Å²) in [7, 11) is 0. The molecule has 0 spiro atoms. The van der Waals surface area contributed by atoms with Gasteiger partial charge in [0.1, 0.15) is 22.9 Å². The number of hydrogen-bond acceptors (Lipinski definition) is 6. The molecule has 8 nitrogen and oxygen atoms in total. The minimum Gasteiger partial charge on any atom is -0.354 e. The molecule has 0 aliphatic carbocycles. The molecule has 0 aromatic carbocycles. The lowest BCUT2D eigenvalue weighted by atomic mass is 10.4. The van der Waals surface area contributed by atoms with Crippen molar-refractivity contribution < 1.29 is 4.79 Å². The predicted molar refractivity (Wildman–Crippen MR) is 91.0 cm³/mol. The van der Waals surface area contributed by atoms with E-state index in [0.717, 1.165) is 18.1 Å². The molecule has 0 aliphatic rings. The standard InChI is InChI=1S/C15H18N6O2S/c1-10-18-11(2)21(19-10)6-3-5-16-13(22)8-20-9-17-12-4-7-24-14(12)15(20)23/h4,7,9H,3,5-6,8H2,1-2H3,(H,16,22). The van der Waals surface area contributed by atoms with E-state index in [2.05, 4.69) is 20.4 Å². The van der Waals surface area contributed by atoms with Crippen LogP contribution in [-0.2, 0) is 17.9 Å². The Morgan fingerprint density at radius 3 is 2.96 bits per heavy atom. The maximum absolute atomic E-state index is 12.2. The molecule has 0 aliphatic heterocycles. The first-order valence-corrected chi connectivity index (χ1v) is 8.50. The third kappa shape index (κ3) is 3.51. The van der Waals surface area contributed by atoms with Crippen LogP contribution < -0.4 is 10.9 Å². The summed E-state index contributed by atoms with van der Waals surface area (Å²) in [6.07, 6.45) is 2.16. The van der Waals surface area contributed by atoms with Crippen LogP contribution in [0.1, 0.15) is 18.1 Å². The lowest BCUT2D eigenvalue weighted by Crippen LogP contribution is -2.33. The first-order valence-electron chi connectivity index (χ1n) is 7.62. The number of amides is 1. The maximum atomic E-state index is 12.2. The molecule has 0 unspecified atom stereocenters. The molecule has 9 heteroatoms.